The lowest BCUT2D eigenvalue weighted by Crippen LogP contribution is -2.51. The number of fused-ring (bicyclic) bond motifs is 1. The number of amides is 1. The highest BCUT2D eigenvalue weighted by atomic mass is 35.5. The van der Waals surface area contributed by atoms with Crippen molar-refractivity contribution < 1.29 is 9.53 Å². The standard InChI is InChI=1S/C19H26ClN3O2/c20-13-5-7-14(8-6-13)25-15-9-11-23(12-10-15)19(24)18-16-3-1-2-4-17(16)21-22-18/h5-8,15-18,21-22H,1-4,9-12H2. The van der Waals surface area contributed by atoms with Gasteiger partial charge in [0.25, 0.3) is 0 Å². The van der Waals surface area contributed by atoms with Gasteiger partial charge < -0.3 is 9.64 Å². The van der Waals surface area contributed by atoms with Crippen LogP contribution >= 0.6 is 11.6 Å². The first-order valence-electron chi connectivity index (χ1n) is 9.43. The quantitative estimate of drug-likeness (QED) is 0.867. The molecule has 25 heavy (non-hydrogen) atoms. The molecule has 2 saturated heterocycles. The maximum absolute atomic E-state index is 12.9. The number of halogens is 1. The fraction of sp³-hybridized carbons (Fsp3) is 0.632. The Morgan fingerprint density at radius 3 is 2.52 bits per heavy atom. The molecular formula is C19H26ClN3O2. The Morgan fingerprint density at radius 1 is 1.04 bits per heavy atom. The maximum atomic E-state index is 12.9. The maximum Gasteiger partial charge on any atom is 0.241 e. The van der Waals surface area contributed by atoms with Crippen molar-refractivity contribution in [3.63, 3.8) is 0 Å². The van der Waals surface area contributed by atoms with E-state index in [1.54, 1.807) is 0 Å². The topological polar surface area (TPSA) is 53.6 Å². The van der Waals surface area contributed by atoms with Crippen LogP contribution in [0.1, 0.15) is 38.5 Å². The van der Waals surface area contributed by atoms with Gasteiger partial charge in [-0.3, -0.25) is 10.2 Å². The molecule has 3 aliphatic rings. The van der Waals surface area contributed by atoms with Crippen molar-refractivity contribution in [1.29, 1.82) is 0 Å². The monoisotopic (exact) mass is 363 g/mol. The molecule has 5 nitrogen and oxygen atoms in total. The second kappa shape index (κ2) is 7.52. The first-order chi connectivity index (χ1) is 12.2. The summed E-state index contributed by atoms with van der Waals surface area (Å²) >= 11 is 5.91. The smallest absolute Gasteiger partial charge is 0.241 e. The highest BCUT2D eigenvalue weighted by molar-refractivity contribution is 6.30. The average Bonchev–Trinajstić information content (AvgIpc) is 3.08. The summed E-state index contributed by atoms with van der Waals surface area (Å²) in [6.45, 7) is 1.54. The number of rotatable bonds is 3. The van der Waals surface area contributed by atoms with Crippen molar-refractivity contribution in [1.82, 2.24) is 15.8 Å². The van der Waals surface area contributed by atoms with Gasteiger partial charge in [-0.2, -0.15) is 0 Å². The van der Waals surface area contributed by atoms with Crippen LogP contribution in [0.2, 0.25) is 5.02 Å². The van der Waals surface area contributed by atoms with Gasteiger partial charge in [-0.25, -0.2) is 5.43 Å². The van der Waals surface area contributed by atoms with Crippen molar-refractivity contribution in [2.75, 3.05) is 13.1 Å². The van der Waals surface area contributed by atoms with E-state index in [1.807, 2.05) is 29.2 Å². The van der Waals surface area contributed by atoms with E-state index < -0.39 is 0 Å². The fourth-order valence-electron chi connectivity index (χ4n) is 4.38. The van der Waals surface area contributed by atoms with Crippen LogP contribution in [0, 0.1) is 5.92 Å². The van der Waals surface area contributed by atoms with Gasteiger partial charge in [0.15, 0.2) is 0 Å². The Bertz CT molecular complexity index is 601. The van der Waals surface area contributed by atoms with Crippen molar-refractivity contribution in [3.05, 3.63) is 29.3 Å². The summed E-state index contributed by atoms with van der Waals surface area (Å²) < 4.78 is 6.03. The molecule has 1 aromatic rings. The molecule has 2 aliphatic heterocycles. The number of hydrazine groups is 1. The van der Waals surface area contributed by atoms with Crippen LogP contribution in [0.3, 0.4) is 0 Å². The van der Waals surface area contributed by atoms with Crippen molar-refractivity contribution in [2.24, 2.45) is 5.92 Å². The van der Waals surface area contributed by atoms with Crippen LogP contribution in [0.25, 0.3) is 0 Å². The first kappa shape index (κ1) is 17.1. The minimum atomic E-state index is -0.0565. The molecule has 3 fully saturated rings. The Hall–Kier alpha value is -1.30. The molecule has 3 atom stereocenters. The Morgan fingerprint density at radius 2 is 1.76 bits per heavy atom. The summed E-state index contributed by atoms with van der Waals surface area (Å²) in [5.41, 5.74) is 6.61. The minimum absolute atomic E-state index is 0.0565. The third kappa shape index (κ3) is 3.78. The Kier molecular flexibility index (Phi) is 5.15. The van der Waals surface area contributed by atoms with E-state index in [-0.39, 0.29) is 18.1 Å². The molecule has 1 amide bonds. The number of piperidine rings is 1. The number of benzene rings is 1. The van der Waals surface area contributed by atoms with Gasteiger partial charge in [0, 0.05) is 42.9 Å². The van der Waals surface area contributed by atoms with Crippen LogP contribution in [0.5, 0.6) is 5.75 Å². The van der Waals surface area contributed by atoms with Gasteiger partial charge in [-0.15, -0.1) is 0 Å². The number of hydrogen-bond donors (Lipinski definition) is 2. The van der Waals surface area contributed by atoms with E-state index in [1.165, 1.54) is 19.3 Å². The van der Waals surface area contributed by atoms with E-state index in [0.717, 1.165) is 38.1 Å². The van der Waals surface area contributed by atoms with Crippen molar-refractivity contribution >= 4 is 17.5 Å². The third-order valence-electron chi connectivity index (χ3n) is 5.81. The van der Waals surface area contributed by atoms with Crippen molar-refractivity contribution in [3.8, 4) is 5.75 Å². The molecule has 0 radical (unpaired) electrons. The number of likely N-dealkylation sites (tertiary alicyclic amines) is 1. The second-order valence-electron chi connectivity index (χ2n) is 7.42. The summed E-state index contributed by atoms with van der Waals surface area (Å²) in [5.74, 6) is 1.55. The van der Waals surface area contributed by atoms with E-state index in [0.29, 0.717) is 17.0 Å². The first-order valence-corrected chi connectivity index (χ1v) is 9.80. The molecule has 6 heteroatoms. The average molecular weight is 364 g/mol. The van der Waals surface area contributed by atoms with E-state index >= 15 is 0 Å². The molecule has 4 rings (SSSR count). The highest BCUT2D eigenvalue weighted by Gasteiger charge is 2.43. The van der Waals surface area contributed by atoms with Gasteiger partial charge in [0.05, 0.1) is 0 Å². The van der Waals surface area contributed by atoms with Crippen LogP contribution in [-0.4, -0.2) is 42.1 Å². The van der Waals surface area contributed by atoms with E-state index in [4.69, 9.17) is 16.3 Å². The molecule has 1 saturated carbocycles. The van der Waals surface area contributed by atoms with Crippen LogP contribution < -0.4 is 15.6 Å². The zero-order valence-corrected chi connectivity index (χ0v) is 15.2. The Balaban J connectivity index is 1.29. The van der Waals surface area contributed by atoms with Crippen LogP contribution in [0.15, 0.2) is 24.3 Å². The predicted molar refractivity (Wildman–Crippen MR) is 97.5 cm³/mol. The van der Waals surface area contributed by atoms with Gasteiger partial charge in [-0.1, -0.05) is 24.4 Å². The normalized spacial score (nSPS) is 30.1. The van der Waals surface area contributed by atoms with Crippen molar-refractivity contribution in [2.45, 2.75) is 56.7 Å². The fourth-order valence-corrected chi connectivity index (χ4v) is 4.51. The highest BCUT2D eigenvalue weighted by Crippen LogP contribution is 2.31. The van der Waals surface area contributed by atoms with Gasteiger partial charge in [-0.05, 0) is 37.1 Å². The summed E-state index contributed by atoms with van der Waals surface area (Å²) in [6.07, 6.45) is 6.76. The zero-order chi connectivity index (χ0) is 17.2. The molecule has 0 aromatic heterocycles. The summed E-state index contributed by atoms with van der Waals surface area (Å²) in [6, 6.07) is 7.89. The predicted octanol–water partition coefficient (Wildman–Crippen LogP) is 2.75. The number of nitrogens with zero attached hydrogens (tertiary/aromatic N) is 1. The van der Waals surface area contributed by atoms with Gasteiger partial charge in [0.2, 0.25) is 5.91 Å². The molecule has 1 aromatic carbocycles. The number of hydrogen-bond acceptors (Lipinski definition) is 4. The molecule has 2 N–H and O–H groups in total. The summed E-state index contributed by atoms with van der Waals surface area (Å²) in [7, 11) is 0. The molecule has 1 aliphatic carbocycles. The van der Waals surface area contributed by atoms with Crippen LogP contribution in [0.4, 0.5) is 0 Å². The van der Waals surface area contributed by atoms with E-state index in [2.05, 4.69) is 10.9 Å². The molecule has 136 valence electrons. The summed E-state index contributed by atoms with van der Waals surface area (Å²) in [5, 5.41) is 0.714. The SMILES string of the molecule is O=C(C1NNC2CCCCC21)N1CCC(Oc2ccc(Cl)cc2)CC1. The second-order valence-corrected chi connectivity index (χ2v) is 7.85. The largest absolute Gasteiger partial charge is 0.490 e. The lowest BCUT2D eigenvalue weighted by atomic mass is 9.81. The lowest BCUT2D eigenvalue weighted by molar-refractivity contribution is -0.136. The minimum Gasteiger partial charge on any atom is -0.490 e. The molecule has 2 heterocycles. The number of carbonyl (C=O) groups excluding carboxylic acids is 1. The molecule has 0 spiro atoms. The van der Waals surface area contributed by atoms with Gasteiger partial charge >= 0.3 is 0 Å². The number of carbonyl (C=O) groups is 1. The number of ether oxygens (including phenoxy) is 1. The Labute approximate surface area is 154 Å². The van der Waals surface area contributed by atoms with E-state index in [9.17, 15) is 4.79 Å². The van der Waals surface area contributed by atoms with Gasteiger partial charge in [0.1, 0.15) is 17.9 Å². The summed E-state index contributed by atoms with van der Waals surface area (Å²) in [4.78, 5) is 14.9. The van der Waals surface area contributed by atoms with Crippen LogP contribution in [-0.2, 0) is 4.79 Å². The zero-order valence-electron chi connectivity index (χ0n) is 14.4. The molecule has 0 bridgehead atoms. The molecular weight excluding hydrogens is 338 g/mol. The lowest BCUT2D eigenvalue weighted by Gasteiger charge is -2.35. The molecule has 3 unspecified atom stereocenters. The third-order valence-corrected chi connectivity index (χ3v) is 6.06. The number of nitrogens with one attached hydrogen (secondary N) is 2.